The number of hydrogen-bond acceptors (Lipinski definition) is 6. The third kappa shape index (κ3) is 6.89. The first-order valence-electron chi connectivity index (χ1n) is 7.69. The van der Waals surface area contributed by atoms with Gasteiger partial charge in [0.2, 0.25) is 10.0 Å². The van der Waals surface area contributed by atoms with Crippen LogP contribution < -0.4 is 10.5 Å². The van der Waals surface area contributed by atoms with Crippen molar-refractivity contribution in [3.05, 3.63) is 60.2 Å². The number of anilines is 1. The summed E-state index contributed by atoms with van der Waals surface area (Å²) in [5.41, 5.74) is 1.06. The number of thioether (sulfide) groups is 1. The van der Waals surface area contributed by atoms with Gasteiger partial charge in [-0.2, -0.15) is 0 Å². The van der Waals surface area contributed by atoms with Gasteiger partial charge in [0.25, 0.3) is 5.91 Å². The summed E-state index contributed by atoms with van der Waals surface area (Å²) in [6.07, 6.45) is 4.78. The lowest BCUT2D eigenvalue weighted by atomic mass is 10.2. The summed E-state index contributed by atoms with van der Waals surface area (Å²) < 4.78 is 27.5. The zero-order valence-corrected chi connectivity index (χ0v) is 16.0. The monoisotopic (exact) mass is 406 g/mol. The number of hydrogen-bond donors (Lipinski definition) is 2. The summed E-state index contributed by atoms with van der Waals surface area (Å²) in [6.45, 7) is -0.506. The van der Waals surface area contributed by atoms with Gasteiger partial charge in [-0.15, -0.1) is 11.8 Å². The van der Waals surface area contributed by atoms with Crippen LogP contribution in [0.4, 0.5) is 5.69 Å². The SMILES string of the molecule is CSc1ccc(/C=C/C(=O)OCC(=O)Nc2cccc(S(N)(=O)=O)c2)cc1. The van der Waals surface area contributed by atoms with Crippen molar-refractivity contribution in [3.63, 3.8) is 0 Å². The van der Waals surface area contributed by atoms with Crippen LogP contribution in [0.5, 0.6) is 0 Å². The molecule has 0 radical (unpaired) electrons. The number of primary sulfonamides is 1. The molecule has 3 N–H and O–H groups in total. The summed E-state index contributed by atoms with van der Waals surface area (Å²) in [5.74, 6) is -1.27. The van der Waals surface area contributed by atoms with Crippen molar-refractivity contribution in [2.24, 2.45) is 5.14 Å². The Morgan fingerprint density at radius 3 is 2.52 bits per heavy atom. The molecule has 0 saturated heterocycles. The van der Waals surface area contributed by atoms with Crippen LogP contribution in [0.25, 0.3) is 6.08 Å². The average Bonchev–Trinajstić information content (AvgIpc) is 2.64. The molecule has 0 unspecified atom stereocenters. The van der Waals surface area contributed by atoms with Gasteiger partial charge in [0.05, 0.1) is 4.90 Å². The maximum Gasteiger partial charge on any atom is 0.331 e. The number of esters is 1. The predicted molar refractivity (Wildman–Crippen MR) is 105 cm³/mol. The highest BCUT2D eigenvalue weighted by Gasteiger charge is 2.10. The van der Waals surface area contributed by atoms with Crippen LogP contribution in [-0.2, 0) is 24.3 Å². The van der Waals surface area contributed by atoms with E-state index in [2.05, 4.69) is 5.32 Å². The van der Waals surface area contributed by atoms with E-state index >= 15 is 0 Å². The minimum absolute atomic E-state index is 0.132. The lowest BCUT2D eigenvalue weighted by Crippen LogP contribution is -2.20. The fraction of sp³-hybridized carbons (Fsp3) is 0.111. The van der Waals surface area contributed by atoms with E-state index in [0.717, 1.165) is 10.5 Å². The smallest absolute Gasteiger partial charge is 0.331 e. The third-order valence-electron chi connectivity index (χ3n) is 3.32. The molecular formula is C18H18N2O5S2. The van der Waals surface area contributed by atoms with E-state index in [1.807, 2.05) is 30.5 Å². The van der Waals surface area contributed by atoms with Crippen LogP contribution >= 0.6 is 11.8 Å². The number of amides is 1. The Morgan fingerprint density at radius 2 is 1.89 bits per heavy atom. The third-order valence-corrected chi connectivity index (χ3v) is 4.97. The maximum atomic E-state index is 11.8. The van der Waals surface area contributed by atoms with E-state index in [0.29, 0.717) is 0 Å². The van der Waals surface area contributed by atoms with Gasteiger partial charge in [0.15, 0.2) is 6.61 Å². The first-order valence-corrected chi connectivity index (χ1v) is 10.5. The minimum atomic E-state index is -3.87. The Morgan fingerprint density at radius 1 is 1.19 bits per heavy atom. The quantitative estimate of drug-likeness (QED) is 0.414. The number of ether oxygens (including phenoxy) is 1. The Kier molecular flexibility index (Phi) is 7.17. The highest BCUT2D eigenvalue weighted by atomic mass is 32.2. The minimum Gasteiger partial charge on any atom is -0.452 e. The second kappa shape index (κ2) is 9.36. The zero-order valence-electron chi connectivity index (χ0n) is 14.4. The van der Waals surface area contributed by atoms with E-state index in [1.54, 1.807) is 17.8 Å². The summed E-state index contributed by atoms with van der Waals surface area (Å²) in [6, 6.07) is 13.0. The molecule has 0 spiro atoms. The lowest BCUT2D eigenvalue weighted by Gasteiger charge is -2.06. The van der Waals surface area contributed by atoms with Crippen molar-refractivity contribution in [1.82, 2.24) is 0 Å². The van der Waals surface area contributed by atoms with Gasteiger partial charge >= 0.3 is 5.97 Å². The number of carbonyl (C=O) groups is 2. The fourth-order valence-corrected chi connectivity index (χ4v) is 2.98. The molecule has 0 aromatic heterocycles. The molecule has 2 aromatic carbocycles. The number of nitrogens with two attached hydrogens (primary N) is 1. The molecule has 0 heterocycles. The molecule has 142 valence electrons. The summed E-state index contributed by atoms with van der Waals surface area (Å²) >= 11 is 1.62. The van der Waals surface area contributed by atoms with Crippen LogP contribution in [0.3, 0.4) is 0 Å². The van der Waals surface area contributed by atoms with E-state index in [4.69, 9.17) is 9.88 Å². The standard InChI is InChI=1S/C18H18N2O5S2/c1-26-15-8-5-13(6-9-15)7-10-18(22)25-12-17(21)20-14-3-2-4-16(11-14)27(19,23)24/h2-11H,12H2,1H3,(H,20,21)(H2,19,23,24)/b10-7+. The number of nitrogens with one attached hydrogen (secondary N) is 1. The molecule has 0 bridgehead atoms. The van der Waals surface area contributed by atoms with E-state index in [9.17, 15) is 18.0 Å². The maximum absolute atomic E-state index is 11.8. The van der Waals surface area contributed by atoms with Gasteiger partial charge in [-0.25, -0.2) is 18.4 Å². The molecule has 0 atom stereocenters. The van der Waals surface area contributed by atoms with Gasteiger partial charge in [0.1, 0.15) is 0 Å². The molecule has 27 heavy (non-hydrogen) atoms. The zero-order chi connectivity index (χ0) is 19.9. The van der Waals surface area contributed by atoms with Crippen LogP contribution in [0.1, 0.15) is 5.56 Å². The van der Waals surface area contributed by atoms with E-state index in [-0.39, 0.29) is 10.6 Å². The second-order valence-electron chi connectivity index (χ2n) is 5.34. The molecule has 9 heteroatoms. The van der Waals surface area contributed by atoms with Crippen LogP contribution in [0.15, 0.2) is 64.4 Å². The van der Waals surface area contributed by atoms with Gasteiger partial charge in [0, 0.05) is 16.7 Å². The first-order chi connectivity index (χ1) is 12.8. The number of carbonyl (C=O) groups excluding carboxylic acids is 2. The Balaban J connectivity index is 1.86. The van der Waals surface area contributed by atoms with Gasteiger partial charge in [-0.05, 0) is 48.2 Å². The summed E-state index contributed by atoms with van der Waals surface area (Å²) in [7, 11) is -3.87. The second-order valence-corrected chi connectivity index (χ2v) is 7.78. The van der Waals surface area contributed by atoms with E-state index in [1.165, 1.54) is 30.3 Å². The van der Waals surface area contributed by atoms with Crippen molar-refractivity contribution < 1.29 is 22.7 Å². The van der Waals surface area contributed by atoms with Gasteiger partial charge in [-0.3, -0.25) is 4.79 Å². The first kappa shape index (κ1) is 20.7. The van der Waals surface area contributed by atoms with Crippen molar-refractivity contribution in [3.8, 4) is 0 Å². The molecule has 1 amide bonds. The largest absolute Gasteiger partial charge is 0.452 e. The Bertz CT molecular complexity index is 954. The molecule has 7 nitrogen and oxygen atoms in total. The van der Waals surface area contributed by atoms with Crippen molar-refractivity contribution in [2.75, 3.05) is 18.2 Å². The Labute approximate surface area is 161 Å². The number of sulfonamides is 1. The van der Waals surface area contributed by atoms with E-state index < -0.39 is 28.5 Å². The normalized spacial score (nSPS) is 11.3. The van der Waals surface area contributed by atoms with Gasteiger partial charge in [-0.1, -0.05) is 18.2 Å². The van der Waals surface area contributed by atoms with Crippen LogP contribution in [-0.4, -0.2) is 33.2 Å². The lowest BCUT2D eigenvalue weighted by molar-refractivity contribution is -0.142. The average molecular weight is 406 g/mol. The molecule has 0 aliphatic rings. The van der Waals surface area contributed by atoms with Crippen molar-refractivity contribution in [2.45, 2.75) is 9.79 Å². The molecule has 2 aromatic rings. The molecule has 0 saturated carbocycles. The fourth-order valence-electron chi connectivity index (χ4n) is 2.01. The van der Waals surface area contributed by atoms with Crippen LogP contribution in [0, 0.1) is 0 Å². The summed E-state index contributed by atoms with van der Waals surface area (Å²) in [4.78, 5) is 24.5. The Hall–Kier alpha value is -2.62. The van der Waals surface area contributed by atoms with Crippen molar-refractivity contribution >= 4 is 45.4 Å². The molecule has 0 aliphatic carbocycles. The van der Waals surface area contributed by atoms with Crippen LogP contribution in [0.2, 0.25) is 0 Å². The van der Waals surface area contributed by atoms with Crippen molar-refractivity contribution in [1.29, 1.82) is 0 Å². The van der Waals surface area contributed by atoms with Gasteiger partial charge < -0.3 is 10.1 Å². The number of benzene rings is 2. The molecule has 2 rings (SSSR count). The molecular weight excluding hydrogens is 388 g/mol. The summed E-state index contributed by atoms with van der Waals surface area (Å²) in [5, 5.41) is 7.47. The predicted octanol–water partition coefficient (Wildman–Crippen LogP) is 2.25. The molecule has 0 aliphatic heterocycles. The number of rotatable bonds is 7. The highest BCUT2D eigenvalue weighted by molar-refractivity contribution is 7.98. The molecule has 0 fully saturated rings. The topological polar surface area (TPSA) is 116 Å². The highest BCUT2D eigenvalue weighted by Crippen LogP contribution is 2.16.